The highest BCUT2D eigenvalue weighted by Crippen LogP contribution is 2.40. The number of H-pyrrole nitrogens is 1. The van der Waals surface area contributed by atoms with Crippen molar-refractivity contribution in [2.75, 3.05) is 11.9 Å². The van der Waals surface area contributed by atoms with Crippen molar-refractivity contribution >= 4 is 16.5 Å². The molecule has 0 radical (unpaired) electrons. The molecule has 2 saturated heterocycles. The van der Waals surface area contributed by atoms with Gasteiger partial charge in [-0.05, 0) is 31.4 Å². The number of piperidine rings is 1. The van der Waals surface area contributed by atoms with E-state index in [1.807, 2.05) is 11.9 Å². The molecule has 4 atom stereocenters. The smallest absolute Gasteiger partial charge is 0.208 e. The average molecular weight is 418 g/mol. The van der Waals surface area contributed by atoms with Crippen LogP contribution in [0, 0.1) is 5.82 Å². The maximum atomic E-state index is 14.9. The van der Waals surface area contributed by atoms with Gasteiger partial charge in [-0.1, -0.05) is 11.3 Å². The summed E-state index contributed by atoms with van der Waals surface area (Å²) in [4.78, 5) is 1.82. The maximum absolute atomic E-state index is 14.9. The van der Waals surface area contributed by atoms with Crippen LogP contribution in [0.25, 0.3) is 21.7 Å². The highest BCUT2D eigenvalue weighted by atomic mass is 32.1. The molecule has 2 aromatic heterocycles. The van der Waals surface area contributed by atoms with Crippen molar-refractivity contribution < 1.29 is 13.9 Å². The number of anilines is 1. The summed E-state index contributed by atoms with van der Waals surface area (Å²) in [6, 6.07) is 2.54. The van der Waals surface area contributed by atoms with E-state index in [0.29, 0.717) is 28.2 Å². The van der Waals surface area contributed by atoms with Gasteiger partial charge in [0.15, 0.2) is 5.01 Å². The fourth-order valence-corrected chi connectivity index (χ4v) is 5.20. The van der Waals surface area contributed by atoms with Gasteiger partial charge in [0, 0.05) is 36.5 Å². The Morgan fingerprint density at radius 2 is 2.10 bits per heavy atom. The van der Waals surface area contributed by atoms with Crippen LogP contribution in [0.15, 0.2) is 24.5 Å². The Kier molecular flexibility index (Phi) is 4.47. The number of fused-ring (bicyclic) bond motifs is 2. The molecule has 3 aromatic rings. The minimum Gasteiger partial charge on any atom is -0.507 e. The number of rotatable bonds is 4. The number of alkyl halides is 1. The van der Waals surface area contributed by atoms with Gasteiger partial charge < -0.3 is 15.3 Å². The predicted molar refractivity (Wildman–Crippen MR) is 106 cm³/mol. The molecule has 4 heterocycles. The summed E-state index contributed by atoms with van der Waals surface area (Å²) in [6.45, 7) is 0. The molecule has 0 saturated carbocycles. The molecule has 2 aliphatic rings. The molecule has 1 aromatic carbocycles. The predicted octanol–water partition coefficient (Wildman–Crippen LogP) is 3.11. The molecule has 0 amide bonds. The van der Waals surface area contributed by atoms with E-state index in [-0.39, 0.29) is 29.0 Å². The summed E-state index contributed by atoms with van der Waals surface area (Å²) in [5.41, 5.74) is 1.04. The van der Waals surface area contributed by atoms with Gasteiger partial charge in [0.2, 0.25) is 5.13 Å². The highest BCUT2D eigenvalue weighted by Gasteiger charge is 2.44. The molecule has 2 bridgehead atoms. The molecule has 0 spiro atoms. The standard InChI is InChI=1S/C19H20F2N6OS/c1-27(15-4-10-2-3-14(24-10)17(15)21)19-26-25-18(29-19)12-5-13(20)11(6-16(12)28)9-7-22-23-8-9/h5-8,10,14-15,17,24,28H,2-4H2,1H3,(H,22,23). The monoisotopic (exact) mass is 418 g/mol. The van der Waals surface area contributed by atoms with Gasteiger partial charge >= 0.3 is 0 Å². The number of phenolic OH excluding ortho intramolecular Hbond substituents is 1. The van der Waals surface area contributed by atoms with E-state index in [0.717, 1.165) is 12.8 Å². The van der Waals surface area contributed by atoms with Crippen LogP contribution in [0.3, 0.4) is 0 Å². The van der Waals surface area contributed by atoms with E-state index in [1.54, 1.807) is 6.20 Å². The van der Waals surface area contributed by atoms with E-state index in [4.69, 9.17) is 0 Å². The summed E-state index contributed by atoms with van der Waals surface area (Å²) in [5, 5.41) is 29.4. The Morgan fingerprint density at radius 3 is 2.90 bits per heavy atom. The molecular formula is C19H20F2N6OS. The van der Waals surface area contributed by atoms with Gasteiger partial charge in [0.05, 0.1) is 17.8 Å². The van der Waals surface area contributed by atoms with E-state index >= 15 is 0 Å². The Morgan fingerprint density at radius 1 is 1.24 bits per heavy atom. The molecule has 29 heavy (non-hydrogen) atoms. The zero-order valence-electron chi connectivity index (χ0n) is 15.6. The first-order valence-corrected chi connectivity index (χ1v) is 10.3. The first-order chi connectivity index (χ1) is 14.0. The molecule has 152 valence electrons. The van der Waals surface area contributed by atoms with Crippen molar-refractivity contribution in [2.24, 2.45) is 0 Å². The van der Waals surface area contributed by atoms with E-state index in [1.165, 1.54) is 29.7 Å². The van der Waals surface area contributed by atoms with Crippen LogP contribution in [0.2, 0.25) is 0 Å². The third-order valence-electron chi connectivity index (χ3n) is 5.89. The number of benzene rings is 1. The van der Waals surface area contributed by atoms with Crippen LogP contribution in [0.5, 0.6) is 5.75 Å². The van der Waals surface area contributed by atoms with Crippen LogP contribution in [0.1, 0.15) is 19.3 Å². The molecule has 10 heteroatoms. The van der Waals surface area contributed by atoms with Crippen molar-refractivity contribution in [3.63, 3.8) is 0 Å². The SMILES string of the molecule is CN(c1nnc(-c2cc(F)c(-c3cn[nH]c3)cc2O)s1)C1CC2CCC(N2)C1F. The lowest BCUT2D eigenvalue weighted by Gasteiger charge is -2.38. The second kappa shape index (κ2) is 7.03. The number of hydrogen-bond donors (Lipinski definition) is 3. The molecule has 7 nitrogen and oxygen atoms in total. The fourth-order valence-electron chi connectivity index (χ4n) is 4.31. The number of nitrogens with zero attached hydrogens (tertiary/aromatic N) is 4. The first-order valence-electron chi connectivity index (χ1n) is 9.49. The minimum atomic E-state index is -0.980. The molecular weight excluding hydrogens is 398 g/mol. The van der Waals surface area contributed by atoms with Crippen LogP contribution in [-0.4, -0.2) is 56.8 Å². The second-order valence-electron chi connectivity index (χ2n) is 7.63. The molecule has 3 N–H and O–H groups in total. The number of nitrogens with one attached hydrogen (secondary N) is 2. The number of aromatic nitrogens is 4. The number of halogens is 2. The fraction of sp³-hybridized carbons (Fsp3) is 0.421. The zero-order valence-corrected chi connectivity index (χ0v) is 16.5. The highest BCUT2D eigenvalue weighted by molar-refractivity contribution is 7.18. The summed E-state index contributed by atoms with van der Waals surface area (Å²) >= 11 is 1.21. The number of phenols is 1. The number of hydrogen-bond acceptors (Lipinski definition) is 7. The molecule has 5 rings (SSSR count). The van der Waals surface area contributed by atoms with Crippen LogP contribution in [0.4, 0.5) is 13.9 Å². The van der Waals surface area contributed by atoms with Gasteiger partial charge in [0.25, 0.3) is 0 Å². The lowest BCUT2D eigenvalue weighted by atomic mass is 9.97. The lowest BCUT2D eigenvalue weighted by molar-refractivity contribution is 0.176. The van der Waals surface area contributed by atoms with Gasteiger partial charge in [-0.2, -0.15) is 5.10 Å². The van der Waals surface area contributed by atoms with Crippen molar-refractivity contribution in [1.29, 1.82) is 0 Å². The van der Waals surface area contributed by atoms with E-state index in [9.17, 15) is 13.9 Å². The zero-order chi connectivity index (χ0) is 20.1. The Labute approximate surface area is 169 Å². The van der Waals surface area contributed by atoms with Crippen molar-refractivity contribution in [2.45, 2.75) is 43.6 Å². The molecule has 0 aliphatic carbocycles. The minimum absolute atomic E-state index is 0.101. The molecule has 2 aliphatic heterocycles. The van der Waals surface area contributed by atoms with Crippen LogP contribution >= 0.6 is 11.3 Å². The second-order valence-corrected chi connectivity index (χ2v) is 8.59. The lowest BCUT2D eigenvalue weighted by Crippen LogP contribution is -2.55. The topological polar surface area (TPSA) is 90.0 Å². The molecule has 2 fully saturated rings. The normalized spacial score (nSPS) is 26.0. The quantitative estimate of drug-likeness (QED) is 0.603. The van der Waals surface area contributed by atoms with E-state index < -0.39 is 12.0 Å². The summed E-state index contributed by atoms with van der Waals surface area (Å²) in [5.74, 6) is -0.598. The van der Waals surface area contributed by atoms with Gasteiger partial charge in [-0.25, -0.2) is 8.78 Å². The van der Waals surface area contributed by atoms with Crippen LogP contribution < -0.4 is 10.2 Å². The summed E-state index contributed by atoms with van der Waals surface area (Å²) in [6.07, 6.45) is 4.61. The molecule has 4 unspecified atom stereocenters. The largest absolute Gasteiger partial charge is 0.507 e. The number of aromatic hydroxyl groups is 1. The first kappa shape index (κ1) is 18.4. The Balaban J connectivity index is 1.42. The number of aromatic amines is 1. The maximum Gasteiger partial charge on any atom is 0.208 e. The summed E-state index contributed by atoms with van der Waals surface area (Å²) < 4.78 is 29.5. The van der Waals surface area contributed by atoms with Crippen molar-refractivity contribution in [3.05, 3.63) is 30.3 Å². The van der Waals surface area contributed by atoms with Crippen molar-refractivity contribution in [3.8, 4) is 27.4 Å². The Hall–Kier alpha value is -2.59. The van der Waals surface area contributed by atoms with Gasteiger partial charge in [0.1, 0.15) is 17.7 Å². The Bertz CT molecular complexity index is 1030. The van der Waals surface area contributed by atoms with Crippen molar-refractivity contribution in [1.82, 2.24) is 25.7 Å². The third kappa shape index (κ3) is 3.16. The average Bonchev–Trinajstić information content (AvgIpc) is 3.46. The van der Waals surface area contributed by atoms with Gasteiger partial charge in [-0.15, -0.1) is 10.2 Å². The third-order valence-corrected chi connectivity index (χ3v) is 6.94. The van der Waals surface area contributed by atoms with Crippen LogP contribution in [-0.2, 0) is 0 Å². The van der Waals surface area contributed by atoms with Gasteiger partial charge in [-0.3, -0.25) is 5.10 Å². The summed E-state index contributed by atoms with van der Waals surface area (Å²) in [7, 11) is 1.81. The van der Waals surface area contributed by atoms with E-state index in [2.05, 4.69) is 25.7 Å².